The fraction of sp³-hybridized carbons (Fsp3) is 0.133. The van der Waals surface area contributed by atoms with Crippen LogP contribution in [0.4, 0.5) is 5.69 Å². The van der Waals surface area contributed by atoms with Crippen LogP contribution in [0.2, 0.25) is 0 Å². The summed E-state index contributed by atoms with van der Waals surface area (Å²) >= 11 is 0. The maximum absolute atomic E-state index is 5.86. The summed E-state index contributed by atoms with van der Waals surface area (Å²) in [5.41, 5.74) is 10.4. The van der Waals surface area contributed by atoms with Crippen molar-refractivity contribution in [2.75, 3.05) is 12.8 Å². The summed E-state index contributed by atoms with van der Waals surface area (Å²) < 4.78 is 7.33. The van der Waals surface area contributed by atoms with E-state index < -0.39 is 0 Å². The Labute approximate surface area is 111 Å². The first-order valence-electron chi connectivity index (χ1n) is 6.07. The van der Waals surface area contributed by atoms with Crippen molar-refractivity contribution in [2.45, 2.75) is 6.92 Å². The molecule has 0 aliphatic rings. The SMILES string of the molecule is COc1ccccc1-c1cn2cc(N)cc(C)c2n1. The van der Waals surface area contributed by atoms with Gasteiger partial charge in [-0.1, -0.05) is 12.1 Å². The monoisotopic (exact) mass is 253 g/mol. The molecule has 0 spiro atoms. The molecule has 2 aromatic heterocycles. The Hall–Kier alpha value is -2.49. The lowest BCUT2D eigenvalue weighted by Crippen LogP contribution is -1.92. The zero-order valence-electron chi connectivity index (χ0n) is 10.9. The maximum atomic E-state index is 5.86. The molecule has 0 amide bonds. The van der Waals surface area contributed by atoms with E-state index in [4.69, 9.17) is 10.5 Å². The Bertz CT molecular complexity index is 746. The number of benzene rings is 1. The number of nitrogen functional groups attached to an aromatic ring is 1. The summed E-state index contributed by atoms with van der Waals surface area (Å²) in [6.45, 7) is 2.00. The molecule has 3 rings (SSSR count). The van der Waals surface area contributed by atoms with Crippen LogP contribution in [0.15, 0.2) is 42.7 Å². The largest absolute Gasteiger partial charge is 0.496 e. The van der Waals surface area contributed by atoms with Gasteiger partial charge in [-0.3, -0.25) is 0 Å². The highest BCUT2D eigenvalue weighted by Crippen LogP contribution is 2.29. The Morgan fingerprint density at radius 2 is 2.00 bits per heavy atom. The molecule has 0 saturated carbocycles. The van der Waals surface area contributed by atoms with Gasteiger partial charge in [0.2, 0.25) is 0 Å². The summed E-state index contributed by atoms with van der Waals surface area (Å²) in [5, 5.41) is 0. The van der Waals surface area contributed by atoms with Gasteiger partial charge in [-0.05, 0) is 30.7 Å². The standard InChI is InChI=1S/C15H15N3O/c1-10-7-11(16)8-18-9-13(17-15(10)18)12-5-3-4-6-14(12)19-2/h3-9H,16H2,1-2H3. The number of anilines is 1. The van der Waals surface area contributed by atoms with Gasteiger partial charge in [-0.15, -0.1) is 0 Å². The van der Waals surface area contributed by atoms with Gasteiger partial charge in [0.1, 0.15) is 11.4 Å². The van der Waals surface area contributed by atoms with E-state index in [0.717, 1.165) is 33.9 Å². The molecule has 0 saturated heterocycles. The van der Waals surface area contributed by atoms with Crippen LogP contribution in [0, 0.1) is 6.92 Å². The molecule has 19 heavy (non-hydrogen) atoms. The van der Waals surface area contributed by atoms with Crippen LogP contribution in [-0.2, 0) is 0 Å². The fourth-order valence-corrected chi connectivity index (χ4v) is 2.28. The van der Waals surface area contributed by atoms with Crippen molar-refractivity contribution in [3.63, 3.8) is 0 Å². The van der Waals surface area contributed by atoms with Crippen LogP contribution >= 0.6 is 0 Å². The second-order valence-electron chi connectivity index (χ2n) is 4.51. The molecule has 96 valence electrons. The topological polar surface area (TPSA) is 52.5 Å². The number of nitrogens with two attached hydrogens (primary N) is 1. The summed E-state index contributed by atoms with van der Waals surface area (Å²) in [5.74, 6) is 0.816. The van der Waals surface area contributed by atoms with Crippen molar-refractivity contribution in [1.29, 1.82) is 0 Å². The number of methoxy groups -OCH3 is 1. The smallest absolute Gasteiger partial charge is 0.140 e. The number of hydrogen-bond donors (Lipinski definition) is 1. The minimum Gasteiger partial charge on any atom is -0.496 e. The average Bonchev–Trinajstić information content (AvgIpc) is 2.82. The summed E-state index contributed by atoms with van der Waals surface area (Å²) in [7, 11) is 1.66. The van der Waals surface area contributed by atoms with E-state index in [2.05, 4.69) is 4.98 Å². The minimum absolute atomic E-state index is 0.731. The second kappa shape index (κ2) is 4.31. The van der Waals surface area contributed by atoms with E-state index in [1.54, 1.807) is 7.11 Å². The van der Waals surface area contributed by atoms with E-state index >= 15 is 0 Å². The third-order valence-corrected chi connectivity index (χ3v) is 3.14. The minimum atomic E-state index is 0.731. The molecule has 1 aromatic carbocycles. The molecule has 0 atom stereocenters. The Morgan fingerprint density at radius 1 is 1.21 bits per heavy atom. The molecule has 2 heterocycles. The van der Waals surface area contributed by atoms with Crippen LogP contribution in [0.25, 0.3) is 16.9 Å². The molecule has 4 heteroatoms. The van der Waals surface area contributed by atoms with Gasteiger partial charge in [0.15, 0.2) is 0 Å². The number of fused-ring (bicyclic) bond motifs is 1. The second-order valence-corrected chi connectivity index (χ2v) is 4.51. The van der Waals surface area contributed by atoms with E-state index in [9.17, 15) is 0 Å². The highest BCUT2D eigenvalue weighted by Gasteiger charge is 2.10. The lowest BCUT2D eigenvalue weighted by Gasteiger charge is -2.04. The number of hydrogen-bond acceptors (Lipinski definition) is 3. The quantitative estimate of drug-likeness (QED) is 0.764. The number of imidazole rings is 1. The first kappa shape index (κ1) is 11.6. The predicted molar refractivity (Wildman–Crippen MR) is 76.3 cm³/mol. The molecule has 2 N–H and O–H groups in total. The number of nitrogens with zero attached hydrogens (tertiary/aromatic N) is 2. The lowest BCUT2D eigenvalue weighted by atomic mass is 10.1. The number of aryl methyl sites for hydroxylation is 1. The van der Waals surface area contributed by atoms with Crippen LogP contribution in [0.5, 0.6) is 5.75 Å². The predicted octanol–water partition coefficient (Wildman–Crippen LogP) is 2.90. The number of para-hydroxylation sites is 1. The zero-order chi connectivity index (χ0) is 13.4. The number of aromatic nitrogens is 2. The van der Waals surface area contributed by atoms with Gasteiger partial charge in [-0.25, -0.2) is 4.98 Å². The van der Waals surface area contributed by atoms with Crippen LogP contribution in [0.1, 0.15) is 5.56 Å². The van der Waals surface area contributed by atoms with Gasteiger partial charge >= 0.3 is 0 Å². The zero-order valence-corrected chi connectivity index (χ0v) is 10.9. The van der Waals surface area contributed by atoms with E-state index in [-0.39, 0.29) is 0 Å². The van der Waals surface area contributed by atoms with Gasteiger partial charge in [-0.2, -0.15) is 0 Å². The molecule has 0 unspecified atom stereocenters. The van der Waals surface area contributed by atoms with E-state index in [1.807, 2.05) is 54.0 Å². The number of rotatable bonds is 2. The van der Waals surface area contributed by atoms with Crippen LogP contribution in [0.3, 0.4) is 0 Å². The highest BCUT2D eigenvalue weighted by molar-refractivity contribution is 5.70. The Kier molecular flexibility index (Phi) is 2.63. The van der Waals surface area contributed by atoms with Crippen molar-refractivity contribution in [1.82, 2.24) is 9.38 Å². The van der Waals surface area contributed by atoms with Crippen molar-refractivity contribution >= 4 is 11.3 Å². The summed E-state index contributed by atoms with van der Waals surface area (Å²) in [4.78, 5) is 4.66. The molecule has 3 aromatic rings. The molecule has 0 bridgehead atoms. The summed E-state index contributed by atoms with van der Waals surface area (Å²) in [6, 6.07) is 9.78. The molecular weight excluding hydrogens is 238 g/mol. The van der Waals surface area contributed by atoms with Crippen molar-refractivity contribution in [3.8, 4) is 17.0 Å². The van der Waals surface area contributed by atoms with Crippen molar-refractivity contribution in [3.05, 3.63) is 48.3 Å². The lowest BCUT2D eigenvalue weighted by molar-refractivity contribution is 0.416. The Morgan fingerprint density at radius 3 is 2.79 bits per heavy atom. The molecule has 0 fully saturated rings. The van der Waals surface area contributed by atoms with Gasteiger partial charge in [0, 0.05) is 23.6 Å². The van der Waals surface area contributed by atoms with Crippen molar-refractivity contribution < 1.29 is 4.74 Å². The third-order valence-electron chi connectivity index (χ3n) is 3.14. The number of pyridine rings is 1. The van der Waals surface area contributed by atoms with Crippen LogP contribution in [-0.4, -0.2) is 16.5 Å². The average molecular weight is 253 g/mol. The van der Waals surface area contributed by atoms with Gasteiger partial charge < -0.3 is 14.9 Å². The highest BCUT2D eigenvalue weighted by atomic mass is 16.5. The van der Waals surface area contributed by atoms with Crippen LogP contribution < -0.4 is 10.5 Å². The first-order chi connectivity index (χ1) is 9.19. The van der Waals surface area contributed by atoms with E-state index in [1.165, 1.54) is 0 Å². The molecule has 0 aliphatic carbocycles. The van der Waals surface area contributed by atoms with Crippen molar-refractivity contribution in [2.24, 2.45) is 0 Å². The molecule has 0 aliphatic heterocycles. The molecule has 4 nitrogen and oxygen atoms in total. The fourth-order valence-electron chi connectivity index (χ4n) is 2.28. The van der Waals surface area contributed by atoms with E-state index in [0.29, 0.717) is 0 Å². The molecular formula is C15H15N3O. The van der Waals surface area contributed by atoms with Gasteiger partial charge in [0.05, 0.1) is 12.8 Å². The summed E-state index contributed by atoms with van der Waals surface area (Å²) in [6.07, 6.45) is 3.84. The maximum Gasteiger partial charge on any atom is 0.140 e. The third kappa shape index (κ3) is 1.91. The molecule has 0 radical (unpaired) electrons. The Balaban J connectivity index is 2.23. The first-order valence-corrected chi connectivity index (χ1v) is 6.07. The normalized spacial score (nSPS) is 10.8. The van der Waals surface area contributed by atoms with Gasteiger partial charge in [0.25, 0.3) is 0 Å². The number of ether oxygens (including phenoxy) is 1.